The van der Waals surface area contributed by atoms with Crippen LogP contribution in [0.15, 0.2) is 34.9 Å². The van der Waals surface area contributed by atoms with Crippen LogP contribution in [-0.4, -0.2) is 26.7 Å². The second-order valence-corrected chi connectivity index (χ2v) is 4.53. The number of nitrogens with zero attached hydrogens (tertiary/aromatic N) is 1. The summed E-state index contributed by atoms with van der Waals surface area (Å²) in [6.45, 7) is 0. The van der Waals surface area contributed by atoms with Crippen LogP contribution >= 0.6 is 0 Å². The van der Waals surface area contributed by atoms with Crippen molar-refractivity contribution >= 4 is 16.5 Å². The van der Waals surface area contributed by atoms with Gasteiger partial charge in [0.15, 0.2) is 11.5 Å². The molecule has 0 radical (unpaired) electrons. The Balaban J connectivity index is 2.31. The highest BCUT2D eigenvalue weighted by atomic mass is 32.3. The first-order chi connectivity index (χ1) is 9.39. The molecule has 0 fully saturated rings. The zero-order valence-corrected chi connectivity index (χ0v) is 10.9. The Labute approximate surface area is 113 Å². The van der Waals surface area contributed by atoms with Crippen LogP contribution in [0.4, 0.5) is 3.89 Å². The van der Waals surface area contributed by atoms with Gasteiger partial charge < -0.3 is 13.4 Å². The van der Waals surface area contributed by atoms with E-state index in [0.29, 0.717) is 5.56 Å². The zero-order valence-electron chi connectivity index (χ0n) is 10.1. The quantitative estimate of drug-likeness (QED) is 0.626. The summed E-state index contributed by atoms with van der Waals surface area (Å²) in [6, 6.07) is 6.74. The van der Waals surface area contributed by atoms with E-state index in [0.717, 1.165) is 0 Å². The van der Waals surface area contributed by atoms with Gasteiger partial charge in [0, 0.05) is 11.6 Å². The van der Waals surface area contributed by atoms with Gasteiger partial charge in [0.2, 0.25) is 0 Å². The summed E-state index contributed by atoms with van der Waals surface area (Å²) >= 11 is 0. The fourth-order valence-electron chi connectivity index (χ4n) is 1.43. The molecule has 0 atom stereocenters. The maximum absolute atomic E-state index is 12.4. The van der Waals surface area contributed by atoms with Crippen LogP contribution in [0.25, 0.3) is 11.3 Å². The summed E-state index contributed by atoms with van der Waals surface area (Å²) in [6.07, 6.45) is 0. The van der Waals surface area contributed by atoms with Gasteiger partial charge in [-0.2, -0.15) is 8.42 Å². The van der Waals surface area contributed by atoms with Gasteiger partial charge in [-0.1, -0.05) is 21.2 Å². The molecule has 2 rings (SSSR count). The maximum Gasteiger partial charge on any atom is 0.488 e. The lowest BCUT2D eigenvalue weighted by atomic mass is 10.1. The number of rotatable bonds is 4. The number of aromatic nitrogens is 1. The van der Waals surface area contributed by atoms with E-state index >= 15 is 0 Å². The molecule has 1 aromatic heterocycles. The summed E-state index contributed by atoms with van der Waals surface area (Å²) in [5, 5.41) is 3.48. The van der Waals surface area contributed by atoms with Gasteiger partial charge in [-0.15, -0.1) is 0 Å². The molecular formula is C11H8FNO6S. The largest absolute Gasteiger partial charge is 0.488 e. The van der Waals surface area contributed by atoms with E-state index in [-0.39, 0.29) is 17.2 Å². The first-order valence-corrected chi connectivity index (χ1v) is 6.49. The molecule has 0 spiro atoms. The third kappa shape index (κ3) is 3.32. The Morgan fingerprint density at radius 3 is 2.75 bits per heavy atom. The van der Waals surface area contributed by atoms with Crippen molar-refractivity contribution in [3.05, 3.63) is 36.0 Å². The van der Waals surface area contributed by atoms with E-state index in [1.807, 2.05) is 0 Å². The van der Waals surface area contributed by atoms with E-state index in [9.17, 15) is 17.1 Å². The van der Waals surface area contributed by atoms with E-state index < -0.39 is 16.5 Å². The van der Waals surface area contributed by atoms with Crippen LogP contribution in [0.3, 0.4) is 0 Å². The molecule has 1 heterocycles. The van der Waals surface area contributed by atoms with Crippen molar-refractivity contribution in [2.24, 2.45) is 0 Å². The number of esters is 1. The summed E-state index contributed by atoms with van der Waals surface area (Å²) in [4.78, 5) is 11.2. The summed E-state index contributed by atoms with van der Waals surface area (Å²) in [5.74, 6) is -0.744. The Kier molecular flexibility index (Phi) is 3.70. The molecule has 9 heteroatoms. The standard InChI is InChI=1S/C11H8FNO6S/c1-17-11(14)9-6-10(18-13-9)7-3-2-4-8(5-7)19-20(12,15)16/h2-6H,1H3. The van der Waals surface area contributed by atoms with Crippen molar-refractivity contribution in [2.75, 3.05) is 7.11 Å². The Morgan fingerprint density at radius 1 is 1.35 bits per heavy atom. The van der Waals surface area contributed by atoms with Crippen molar-refractivity contribution in [1.82, 2.24) is 5.16 Å². The molecule has 106 valence electrons. The molecule has 1 aromatic carbocycles. The molecule has 0 amide bonds. The zero-order chi connectivity index (χ0) is 14.8. The maximum atomic E-state index is 12.4. The number of hydrogen-bond donors (Lipinski definition) is 0. The third-order valence-electron chi connectivity index (χ3n) is 2.22. The van der Waals surface area contributed by atoms with Crippen LogP contribution in [0.2, 0.25) is 0 Å². The highest BCUT2D eigenvalue weighted by molar-refractivity contribution is 7.81. The SMILES string of the molecule is COC(=O)c1cc(-c2cccc(OS(=O)(=O)F)c2)on1. The number of carbonyl (C=O) groups excluding carboxylic acids is 1. The molecule has 0 saturated heterocycles. The molecule has 20 heavy (non-hydrogen) atoms. The molecule has 0 bridgehead atoms. The molecule has 0 aliphatic rings. The third-order valence-corrected chi connectivity index (χ3v) is 2.61. The van der Waals surface area contributed by atoms with Crippen molar-refractivity contribution in [3.8, 4) is 17.1 Å². The van der Waals surface area contributed by atoms with Crippen molar-refractivity contribution < 1.29 is 30.5 Å². The van der Waals surface area contributed by atoms with Crippen LogP contribution in [0.1, 0.15) is 10.5 Å². The lowest BCUT2D eigenvalue weighted by molar-refractivity contribution is 0.0589. The molecule has 2 aromatic rings. The smallest absolute Gasteiger partial charge is 0.464 e. The molecule has 0 N–H and O–H groups in total. The average molecular weight is 301 g/mol. The average Bonchev–Trinajstić information content (AvgIpc) is 2.85. The minimum Gasteiger partial charge on any atom is -0.464 e. The summed E-state index contributed by atoms with van der Waals surface area (Å²) in [7, 11) is -3.92. The topological polar surface area (TPSA) is 95.7 Å². The Bertz CT molecular complexity index is 739. The number of hydrogen-bond acceptors (Lipinski definition) is 7. The lowest BCUT2D eigenvalue weighted by Gasteiger charge is -2.01. The van der Waals surface area contributed by atoms with Crippen molar-refractivity contribution in [3.63, 3.8) is 0 Å². The fourth-order valence-corrected chi connectivity index (χ4v) is 1.76. The van der Waals surface area contributed by atoms with Gasteiger partial charge in [-0.05, 0) is 12.1 Å². The second-order valence-electron chi connectivity index (χ2n) is 3.57. The highest BCUT2D eigenvalue weighted by Gasteiger charge is 2.15. The first kappa shape index (κ1) is 14.0. The predicted molar refractivity (Wildman–Crippen MR) is 63.9 cm³/mol. The molecule has 0 aliphatic carbocycles. The molecule has 7 nitrogen and oxygen atoms in total. The normalized spacial score (nSPS) is 11.1. The van der Waals surface area contributed by atoms with E-state index in [2.05, 4.69) is 14.1 Å². The summed E-state index contributed by atoms with van der Waals surface area (Å²) in [5.41, 5.74) is 0.306. The Hall–Kier alpha value is -2.42. The first-order valence-electron chi connectivity index (χ1n) is 5.18. The van der Waals surface area contributed by atoms with Crippen molar-refractivity contribution in [2.45, 2.75) is 0 Å². The second kappa shape index (κ2) is 5.29. The highest BCUT2D eigenvalue weighted by Crippen LogP contribution is 2.25. The van der Waals surface area contributed by atoms with Crippen LogP contribution < -0.4 is 4.18 Å². The fraction of sp³-hybridized carbons (Fsp3) is 0.0909. The van der Waals surface area contributed by atoms with Gasteiger partial charge in [0.25, 0.3) is 0 Å². The lowest BCUT2D eigenvalue weighted by Crippen LogP contribution is -2.01. The minimum absolute atomic E-state index is 0.0491. The van der Waals surface area contributed by atoms with Crippen LogP contribution in [0, 0.1) is 0 Å². The Morgan fingerprint density at radius 2 is 2.10 bits per heavy atom. The van der Waals surface area contributed by atoms with Gasteiger partial charge in [0.05, 0.1) is 7.11 Å². The van der Waals surface area contributed by atoms with Crippen LogP contribution in [0.5, 0.6) is 5.75 Å². The monoisotopic (exact) mass is 301 g/mol. The van der Waals surface area contributed by atoms with Gasteiger partial charge in [-0.25, -0.2) is 4.79 Å². The van der Waals surface area contributed by atoms with Gasteiger partial charge in [0.1, 0.15) is 5.75 Å². The van der Waals surface area contributed by atoms with Crippen molar-refractivity contribution in [1.29, 1.82) is 0 Å². The predicted octanol–water partition coefficient (Wildman–Crippen LogP) is 1.72. The van der Waals surface area contributed by atoms with Gasteiger partial charge in [-0.3, -0.25) is 0 Å². The molecular weight excluding hydrogens is 293 g/mol. The van der Waals surface area contributed by atoms with E-state index in [1.165, 1.54) is 31.4 Å². The van der Waals surface area contributed by atoms with Crippen LogP contribution in [-0.2, 0) is 15.2 Å². The summed E-state index contributed by atoms with van der Waals surface area (Å²) < 4.78 is 46.7. The minimum atomic E-state index is -5.11. The number of carbonyl (C=O) groups is 1. The number of benzene rings is 1. The van der Waals surface area contributed by atoms with Gasteiger partial charge >= 0.3 is 16.5 Å². The number of methoxy groups -OCH3 is 1. The number of halogens is 1. The van der Waals surface area contributed by atoms with E-state index in [1.54, 1.807) is 6.07 Å². The number of ether oxygens (including phenoxy) is 1. The molecule has 0 aliphatic heterocycles. The van der Waals surface area contributed by atoms with E-state index in [4.69, 9.17) is 4.52 Å². The molecule has 0 unspecified atom stereocenters. The molecule has 0 saturated carbocycles.